The summed E-state index contributed by atoms with van der Waals surface area (Å²) in [6, 6.07) is 5.75. The Bertz CT molecular complexity index is 417. The second kappa shape index (κ2) is 6.68. The number of carboxylic acid groups (broad SMARTS) is 1. The van der Waals surface area contributed by atoms with E-state index < -0.39 is 12.0 Å². The van der Waals surface area contributed by atoms with Gasteiger partial charge in [0.25, 0.3) is 0 Å². The molecule has 0 bridgehead atoms. The monoisotopic (exact) mass is 274 g/mol. The summed E-state index contributed by atoms with van der Waals surface area (Å²) in [5, 5.41) is 12.1. The molecule has 1 saturated heterocycles. The van der Waals surface area contributed by atoms with Crippen molar-refractivity contribution in [3.8, 4) is 0 Å². The lowest BCUT2D eigenvalue weighted by Gasteiger charge is -2.33. The number of hydrogen-bond donors (Lipinski definition) is 2. The van der Waals surface area contributed by atoms with Gasteiger partial charge in [-0.1, -0.05) is 12.1 Å². The number of carbonyl (C=O) groups is 1. The fourth-order valence-electron chi connectivity index (χ4n) is 2.05. The van der Waals surface area contributed by atoms with E-state index in [1.807, 2.05) is 11.0 Å². The predicted octanol–water partition coefficient (Wildman–Crippen LogP) is 1.11. The van der Waals surface area contributed by atoms with Gasteiger partial charge in [0.1, 0.15) is 11.9 Å². The molecular formula is C12H16ClFN2O2. The number of hydrogen-bond acceptors (Lipinski definition) is 3. The van der Waals surface area contributed by atoms with Gasteiger partial charge in [0.2, 0.25) is 0 Å². The molecule has 1 heterocycles. The molecule has 4 nitrogen and oxygen atoms in total. The highest BCUT2D eigenvalue weighted by Crippen LogP contribution is 2.11. The fourth-order valence-corrected chi connectivity index (χ4v) is 2.05. The minimum absolute atomic E-state index is 0. The van der Waals surface area contributed by atoms with E-state index in [1.54, 1.807) is 6.07 Å². The second-order valence-corrected chi connectivity index (χ2v) is 4.16. The Hall–Kier alpha value is -1.17. The van der Waals surface area contributed by atoms with Gasteiger partial charge in [0, 0.05) is 26.2 Å². The molecule has 1 fully saturated rings. The summed E-state index contributed by atoms with van der Waals surface area (Å²) in [5.74, 6) is -1.13. The predicted molar refractivity (Wildman–Crippen MR) is 68.4 cm³/mol. The fraction of sp³-hybridized carbons (Fsp3) is 0.417. The number of halogens is 2. The molecule has 2 N–H and O–H groups in total. The van der Waals surface area contributed by atoms with Crippen LogP contribution in [0.4, 0.5) is 4.39 Å². The Morgan fingerprint density at radius 1 is 1.56 bits per heavy atom. The Morgan fingerprint density at radius 3 is 3.00 bits per heavy atom. The first-order valence-electron chi connectivity index (χ1n) is 5.59. The molecule has 1 aromatic carbocycles. The van der Waals surface area contributed by atoms with Crippen LogP contribution >= 0.6 is 12.4 Å². The summed E-state index contributed by atoms with van der Waals surface area (Å²) in [5.41, 5.74) is 0.804. The number of carboxylic acids is 1. The number of benzene rings is 1. The highest BCUT2D eigenvalue weighted by Gasteiger charge is 2.27. The molecule has 1 atom stereocenters. The molecule has 0 amide bonds. The zero-order valence-electron chi connectivity index (χ0n) is 9.80. The van der Waals surface area contributed by atoms with Crippen molar-refractivity contribution >= 4 is 18.4 Å². The van der Waals surface area contributed by atoms with Crippen LogP contribution in [-0.2, 0) is 11.3 Å². The van der Waals surface area contributed by atoms with E-state index in [9.17, 15) is 9.18 Å². The zero-order valence-corrected chi connectivity index (χ0v) is 10.6. The summed E-state index contributed by atoms with van der Waals surface area (Å²) in [7, 11) is 0. The number of nitrogens with one attached hydrogen (secondary N) is 1. The van der Waals surface area contributed by atoms with Crippen molar-refractivity contribution in [1.82, 2.24) is 10.2 Å². The van der Waals surface area contributed by atoms with Gasteiger partial charge in [-0.15, -0.1) is 12.4 Å². The van der Waals surface area contributed by atoms with Gasteiger partial charge in [-0.3, -0.25) is 9.69 Å². The lowest BCUT2D eigenvalue weighted by molar-refractivity contribution is -0.144. The van der Waals surface area contributed by atoms with Crippen LogP contribution in [0.3, 0.4) is 0 Å². The molecule has 0 spiro atoms. The van der Waals surface area contributed by atoms with Gasteiger partial charge in [0.05, 0.1) is 0 Å². The van der Waals surface area contributed by atoms with Gasteiger partial charge in [-0.2, -0.15) is 0 Å². The molecule has 1 aliphatic rings. The first-order valence-corrected chi connectivity index (χ1v) is 5.59. The molecule has 1 unspecified atom stereocenters. The molecule has 1 aliphatic heterocycles. The van der Waals surface area contributed by atoms with E-state index in [0.717, 1.165) is 12.1 Å². The highest BCUT2D eigenvalue weighted by atomic mass is 35.5. The van der Waals surface area contributed by atoms with Crippen LogP contribution in [0.25, 0.3) is 0 Å². The number of aliphatic carboxylic acids is 1. The Kier molecular flexibility index (Phi) is 5.53. The average molecular weight is 275 g/mol. The van der Waals surface area contributed by atoms with Crippen molar-refractivity contribution in [1.29, 1.82) is 0 Å². The third-order valence-corrected chi connectivity index (χ3v) is 2.91. The van der Waals surface area contributed by atoms with E-state index in [-0.39, 0.29) is 18.2 Å². The molecule has 6 heteroatoms. The highest BCUT2D eigenvalue weighted by molar-refractivity contribution is 5.85. The summed E-state index contributed by atoms with van der Waals surface area (Å²) in [4.78, 5) is 12.9. The normalized spacial score (nSPS) is 20.2. The Balaban J connectivity index is 0.00000162. The van der Waals surface area contributed by atoms with Crippen LogP contribution in [0.2, 0.25) is 0 Å². The van der Waals surface area contributed by atoms with E-state index in [1.165, 1.54) is 12.1 Å². The molecule has 100 valence electrons. The maximum Gasteiger partial charge on any atom is 0.322 e. The lowest BCUT2D eigenvalue weighted by atomic mass is 10.1. The smallest absolute Gasteiger partial charge is 0.322 e. The lowest BCUT2D eigenvalue weighted by Crippen LogP contribution is -2.54. The molecule has 0 aliphatic carbocycles. The van der Waals surface area contributed by atoms with Crippen molar-refractivity contribution in [3.63, 3.8) is 0 Å². The summed E-state index contributed by atoms with van der Waals surface area (Å²) in [6.45, 7) is 2.33. The molecular weight excluding hydrogens is 259 g/mol. The minimum atomic E-state index is -0.839. The Labute approximate surface area is 111 Å². The van der Waals surface area contributed by atoms with Crippen molar-refractivity contribution in [3.05, 3.63) is 35.6 Å². The van der Waals surface area contributed by atoms with Gasteiger partial charge in [-0.05, 0) is 17.7 Å². The van der Waals surface area contributed by atoms with Crippen LogP contribution in [0.15, 0.2) is 24.3 Å². The number of rotatable bonds is 3. The quantitative estimate of drug-likeness (QED) is 0.867. The van der Waals surface area contributed by atoms with Crippen molar-refractivity contribution in [2.45, 2.75) is 12.6 Å². The maximum atomic E-state index is 13.0. The van der Waals surface area contributed by atoms with Crippen LogP contribution in [0.1, 0.15) is 5.56 Å². The molecule has 0 aromatic heterocycles. The van der Waals surface area contributed by atoms with Crippen molar-refractivity contribution in [2.24, 2.45) is 0 Å². The molecule has 0 radical (unpaired) electrons. The van der Waals surface area contributed by atoms with Crippen molar-refractivity contribution in [2.75, 3.05) is 19.6 Å². The van der Waals surface area contributed by atoms with Gasteiger partial charge >= 0.3 is 5.97 Å². The SMILES string of the molecule is Cl.O=C(O)C1CNCCN1Cc1cccc(F)c1. The maximum absolute atomic E-state index is 13.0. The van der Waals surface area contributed by atoms with E-state index in [0.29, 0.717) is 19.6 Å². The molecule has 2 rings (SSSR count). The third kappa shape index (κ3) is 3.66. The summed E-state index contributed by atoms with van der Waals surface area (Å²) in [6.07, 6.45) is 0. The molecule has 18 heavy (non-hydrogen) atoms. The summed E-state index contributed by atoms with van der Waals surface area (Å²) >= 11 is 0. The van der Waals surface area contributed by atoms with Crippen molar-refractivity contribution < 1.29 is 14.3 Å². The third-order valence-electron chi connectivity index (χ3n) is 2.91. The first kappa shape index (κ1) is 14.9. The first-order chi connectivity index (χ1) is 8.16. The Morgan fingerprint density at radius 2 is 2.33 bits per heavy atom. The van der Waals surface area contributed by atoms with Gasteiger partial charge < -0.3 is 10.4 Å². The van der Waals surface area contributed by atoms with Gasteiger partial charge in [-0.25, -0.2) is 4.39 Å². The van der Waals surface area contributed by atoms with Crippen LogP contribution < -0.4 is 5.32 Å². The second-order valence-electron chi connectivity index (χ2n) is 4.16. The topological polar surface area (TPSA) is 52.6 Å². The van der Waals surface area contributed by atoms with E-state index in [4.69, 9.17) is 5.11 Å². The van der Waals surface area contributed by atoms with Crippen LogP contribution in [0.5, 0.6) is 0 Å². The largest absolute Gasteiger partial charge is 0.480 e. The van der Waals surface area contributed by atoms with Crippen LogP contribution in [-0.4, -0.2) is 41.7 Å². The average Bonchev–Trinajstić information content (AvgIpc) is 2.29. The minimum Gasteiger partial charge on any atom is -0.480 e. The van der Waals surface area contributed by atoms with Crippen LogP contribution in [0, 0.1) is 5.82 Å². The zero-order chi connectivity index (χ0) is 12.3. The number of nitrogens with zero attached hydrogens (tertiary/aromatic N) is 1. The molecule has 0 saturated carbocycles. The van der Waals surface area contributed by atoms with E-state index >= 15 is 0 Å². The standard InChI is InChI=1S/C12H15FN2O2.ClH/c13-10-3-1-2-9(6-10)8-15-5-4-14-7-11(15)12(16)17;/h1-3,6,11,14H,4-5,7-8H2,(H,16,17);1H. The number of piperazine rings is 1. The van der Waals surface area contributed by atoms with Gasteiger partial charge in [0.15, 0.2) is 0 Å². The summed E-state index contributed by atoms with van der Waals surface area (Å²) < 4.78 is 13.0. The molecule has 1 aromatic rings. The van der Waals surface area contributed by atoms with E-state index in [2.05, 4.69) is 5.32 Å².